The molecule has 2 aromatic rings. The maximum Gasteiger partial charge on any atom is 0.243 e. The van der Waals surface area contributed by atoms with E-state index in [9.17, 15) is 8.42 Å². The van der Waals surface area contributed by atoms with Crippen LogP contribution in [0.4, 0.5) is 5.69 Å². The molecule has 2 aromatic carbocycles. The van der Waals surface area contributed by atoms with E-state index in [1.54, 1.807) is 22.5 Å². The van der Waals surface area contributed by atoms with E-state index >= 15 is 0 Å². The lowest BCUT2D eigenvalue weighted by atomic mass is 10.2. The fourth-order valence-electron chi connectivity index (χ4n) is 3.30. The van der Waals surface area contributed by atoms with Gasteiger partial charge >= 0.3 is 0 Å². The highest BCUT2D eigenvalue weighted by molar-refractivity contribution is 7.89. The summed E-state index contributed by atoms with van der Waals surface area (Å²) < 4.78 is 32.8. The number of nitrogens with zero attached hydrogens (tertiary/aromatic N) is 2. The molecule has 1 fully saturated rings. The summed E-state index contributed by atoms with van der Waals surface area (Å²) in [5.41, 5.74) is 2.13. The Labute approximate surface area is 142 Å². The molecular weight excluding hydrogens is 324 g/mol. The zero-order valence-corrected chi connectivity index (χ0v) is 14.2. The van der Waals surface area contributed by atoms with Gasteiger partial charge < -0.3 is 9.64 Å². The van der Waals surface area contributed by atoms with E-state index in [2.05, 4.69) is 17.0 Å². The van der Waals surface area contributed by atoms with Crippen LogP contribution in [-0.4, -0.2) is 45.5 Å². The van der Waals surface area contributed by atoms with Crippen molar-refractivity contribution in [3.63, 3.8) is 0 Å². The lowest BCUT2D eigenvalue weighted by Crippen LogP contribution is -2.48. The molecule has 0 aliphatic carbocycles. The minimum atomic E-state index is -3.44. The van der Waals surface area contributed by atoms with E-state index in [1.807, 2.05) is 18.2 Å². The molecule has 2 aliphatic heterocycles. The standard InChI is InChI=1S/C18H20N2O3S/c21-24(22,17-6-7-18-15(14-17)8-13-23-18)20-11-9-19(10-12-20)16-4-2-1-3-5-16/h1-7,14H,8-13H2. The molecule has 0 spiro atoms. The van der Waals surface area contributed by atoms with Crippen LogP contribution in [0.25, 0.3) is 0 Å². The van der Waals surface area contributed by atoms with Crippen molar-refractivity contribution in [3.05, 3.63) is 54.1 Å². The van der Waals surface area contributed by atoms with Gasteiger partial charge in [-0.25, -0.2) is 8.42 Å². The van der Waals surface area contributed by atoms with Crippen LogP contribution in [0, 0.1) is 0 Å². The van der Waals surface area contributed by atoms with Gasteiger partial charge in [-0.15, -0.1) is 0 Å². The van der Waals surface area contributed by atoms with E-state index in [4.69, 9.17) is 4.74 Å². The first-order valence-corrected chi connectivity index (χ1v) is 9.64. The Morgan fingerprint density at radius 1 is 0.917 bits per heavy atom. The number of hydrogen-bond acceptors (Lipinski definition) is 4. The van der Waals surface area contributed by atoms with E-state index in [0.29, 0.717) is 37.7 Å². The number of hydrogen-bond donors (Lipinski definition) is 0. The number of para-hydroxylation sites is 1. The zero-order chi connectivity index (χ0) is 16.6. The quantitative estimate of drug-likeness (QED) is 0.856. The third-order valence-corrected chi connectivity index (χ3v) is 6.55. The summed E-state index contributed by atoms with van der Waals surface area (Å²) in [6, 6.07) is 15.3. The predicted molar refractivity (Wildman–Crippen MR) is 93.1 cm³/mol. The van der Waals surface area contributed by atoms with Gasteiger partial charge in [-0.2, -0.15) is 4.31 Å². The van der Waals surface area contributed by atoms with Crippen molar-refractivity contribution < 1.29 is 13.2 Å². The van der Waals surface area contributed by atoms with Gasteiger partial charge in [0.1, 0.15) is 5.75 Å². The molecule has 0 aromatic heterocycles. The van der Waals surface area contributed by atoms with Crippen molar-refractivity contribution in [3.8, 4) is 5.75 Å². The van der Waals surface area contributed by atoms with Crippen molar-refractivity contribution in [1.29, 1.82) is 0 Å². The van der Waals surface area contributed by atoms with Gasteiger partial charge in [-0.05, 0) is 35.9 Å². The number of rotatable bonds is 3. The lowest BCUT2D eigenvalue weighted by Gasteiger charge is -2.35. The molecule has 0 N–H and O–H groups in total. The van der Waals surface area contributed by atoms with Crippen molar-refractivity contribution in [1.82, 2.24) is 4.31 Å². The number of benzene rings is 2. The molecule has 4 rings (SSSR count). The Hall–Kier alpha value is -2.05. The maximum absolute atomic E-state index is 12.9. The Morgan fingerprint density at radius 3 is 2.42 bits per heavy atom. The molecule has 0 unspecified atom stereocenters. The highest BCUT2D eigenvalue weighted by atomic mass is 32.2. The van der Waals surface area contributed by atoms with Crippen LogP contribution in [0.2, 0.25) is 0 Å². The second kappa shape index (κ2) is 6.11. The van der Waals surface area contributed by atoms with Crippen LogP contribution in [0.1, 0.15) is 5.56 Å². The monoisotopic (exact) mass is 344 g/mol. The summed E-state index contributed by atoms with van der Waals surface area (Å²) >= 11 is 0. The van der Waals surface area contributed by atoms with Gasteiger partial charge in [-0.1, -0.05) is 18.2 Å². The number of anilines is 1. The Bertz CT molecular complexity index is 829. The third kappa shape index (κ3) is 2.76. The van der Waals surface area contributed by atoms with Crippen LogP contribution >= 0.6 is 0 Å². The molecule has 1 saturated heterocycles. The molecule has 0 atom stereocenters. The van der Waals surface area contributed by atoms with E-state index in [1.165, 1.54) is 0 Å². The molecule has 0 amide bonds. The fourth-order valence-corrected chi connectivity index (χ4v) is 4.77. The molecule has 0 radical (unpaired) electrons. The lowest BCUT2D eigenvalue weighted by molar-refractivity contribution is 0.356. The van der Waals surface area contributed by atoms with Crippen molar-refractivity contribution in [2.45, 2.75) is 11.3 Å². The average molecular weight is 344 g/mol. The zero-order valence-electron chi connectivity index (χ0n) is 13.4. The summed E-state index contributed by atoms with van der Waals surface area (Å²) in [7, 11) is -3.44. The summed E-state index contributed by atoms with van der Waals surface area (Å²) in [6.07, 6.45) is 0.778. The number of fused-ring (bicyclic) bond motifs is 1. The van der Waals surface area contributed by atoms with Gasteiger partial charge in [0.25, 0.3) is 0 Å². The van der Waals surface area contributed by atoms with Crippen LogP contribution in [0.15, 0.2) is 53.4 Å². The second-order valence-electron chi connectivity index (χ2n) is 6.09. The molecule has 6 heteroatoms. The van der Waals surface area contributed by atoms with Crippen LogP contribution in [0.5, 0.6) is 5.75 Å². The topological polar surface area (TPSA) is 49.9 Å². The predicted octanol–water partition coefficient (Wildman–Crippen LogP) is 2.13. The normalized spacial score (nSPS) is 18.2. The first-order valence-electron chi connectivity index (χ1n) is 8.20. The van der Waals surface area contributed by atoms with Crippen molar-refractivity contribution in [2.24, 2.45) is 0 Å². The van der Waals surface area contributed by atoms with Gasteiger partial charge in [-0.3, -0.25) is 0 Å². The maximum atomic E-state index is 12.9. The molecule has 0 bridgehead atoms. The van der Waals surface area contributed by atoms with Crippen molar-refractivity contribution >= 4 is 15.7 Å². The molecule has 5 nitrogen and oxygen atoms in total. The molecule has 2 aliphatic rings. The minimum absolute atomic E-state index is 0.375. The number of ether oxygens (including phenoxy) is 1. The highest BCUT2D eigenvalue weighted by Gasteiger charge is 2.29. The fraction of sp³-hybridized carbons (Fsp3) is 0.333. The minimum Gasteiger partial charge on any atom is -0.493 e. The van der Waals surface area contributed by atoms with Crippen LogP contribution < -0.4 is 9.64 Å². The van der Waals surface area contributed by atoms with Gasteiger partial charge in [0, 0.05) is 38.3 Å². The van der Waals surface area contributed by atoms with E-state index in [0.717, 1.165) is 23.4 Å². The summed E-state index contributed by atoms with van der Waals surface area (Å²) in [6.45, 7) is 3.05. The summed E-state index contributed by atoms with van der Waals surface area (Å²) in [5, 5.41) is 0. The highest BCUT2D eigenvalue weighted by Crippen LogP contribution is 2.29. The smallest absolute Gasteiger partial charge is 0.243 e. The summed E-state index contributed by atoms with van der Waals surface area (Å²) in [5.74, 6) is 0.808. The van der Waals surface area contributed by atoms with Gasteiger partial charge in [0.05, 0.1) is 11.5 Å². The van der Waals surface area contributed by atoms with Gasteiger partial charge in [0.15, 0.2) is 0 Å². The summed E-state index contributed by atoms with van der Waals surface area (Å²) in [4.78, 5) is 2.60. The van der Waals surface area contributed by atoms with Gasteiger partial charge in [0.2, 0.25) is 10.0 Å². The first-order chi connectivity index (χ1) is 11.6. The largest absolute Gasteiger partial charge is 0.493 e. The Morgan fingerprint density at radius 2 is 1.67 bits per heavy atom. The van der Waals surface area contributed by atoms with Crippen LogP contribution in [-0.2, 0) is 16.4 Å². The Kier molecular flexibility index (Phi) is 3.94. The number of piperazine rings is 1. The van der Waals surface area contributed by atoms with E-state index in [-0.39, 0.29) is 0 Å². The molecular formula is C18H20N2O3S. The van der Waals surface area contributed by atoms with Crippen molar-refractivity contribution in [2.75, 3.05) is 37.7 Å². The average Bonchev–Trinajstić information content (AvgIpc) is 3.10. The van der Waals surface area contributed by atoms with E-state index < -0.39 is 10.0 Å². The molecule has 0 saturated carbocycles. The van der Waals surface area contributed by atoms with Crippen LogP contribution in [0.3, 0.4) is 0 Å². The third-order valence-electron chi connectivity index (χ3n) is 4.66. The second-order valence-corrected chi connectivity index (χ2v) is 8.03. The molecule has 24 heavy (non-hydrogen) atoms. The number of sulfonamides is 1. The first kappa shape index (κ1) is 15.5. The SMILES string of the molecule is O=S(=O)(c1ccc2c(c1)CCO2)N1CCN(c2ccccc2)CC1. The molecule has 2 heterocycles. The Balaban J connectivity index is 1.50. The molecule has 126 valence electrons.